The zero-order valence-corrected chi connectivity index (χ0v) is 19.6. The Kier molecular flexibility index (Phi) is 8.73. The summed E-state index contributed by atoms with van der Waals surface area (Å²) in [5, 5.41) is 2.47. The topological polar surface area (TPSA) is 122 Å². The zero-order valence-electron chi connectivity index (χ0n) is 18.0. The van der Waals surface area contributed by atoms with Gasteiger partial charge in [0.15, 0.2) is 0 Å². The fourth-order valence-electron chi connectivity index (χ4n) is 2.76. The molecule has 0 saturated heterocycles. The van der Waals surface area contributed by atoms with Crippen LogP contribution >= 0.6 is 0 Å². The highest BCUT2D eigenvalue weighted by atomic mass is 32.2. The number of nitrogens with zero attached hydrogens (tertiary/aromatic N) is 1. The van der Waals surface area contributed by atoms with Gasteiger partial charge in [-0.25, -0.2) is 25.9 Å². The van der Waals surface area contributed by atoms with Crippen molar-refractivity contribution in [3.63, 3.8) is 0 Å². The Morgan fingerprint density at radius 1 is 1.06 bits per heavy atom. The van der Waals surface area contributed by atoms with Crippen molar-refractivity contribution in [1.29, 1.82) is 0 Å². The molecule has 0 aliphatic rings. The molecule has 0 bridgehead atoms. The summed E-state index contributed by atoms with van der Waals surface area (Å²) in [6, 6.07) is 9.37. The quantitative estimate of drug-likeness (QED) is 0.460. The van der Waals surface area contributed by atoms with E-state index in [0.717, 1.165) is 22.0 Å². The van der Waals surface area contributed by atoms with E-state index in [1.54, 1.807) is 12.1 Å². The van der Waals surface area contributed by atoms with Gasteiger partial charge in [0.05, 0.1) is 18.6 Å². The highest BCUT2D eigenvalue weighted by molar-refractivity contribution is 7.89. The molecule has 0 aliphatic carbocycles. The highest BCUT2D eigenvalue weighted by Crippen LogP contribution is 2.27. The molecule has 9 nitrogen and oxygen atoms in total. The van der Waals surface area contributed by atoms with E-state index in [0.29, 0.717) is 0 Å². The number of hydrogen-bond donors (Lipinski definition) is 2. The molecule has 12 heteroatoms. The molecule has 0 saturated carbocycles. The van der Waals surface area contributed by atoms with Gasteiger partial charge in [0.1, 0.15) is 16.5 Å². The Morgan fingerprint density at radius 2 is 1.72 bits per heavy atom. The maximum atomic E-state index is 13.6. The second-order valence-corrected chi connectivity index (χ2v) is 10.5. The summed E-state index contributed by atoms with van der Waals surface area (Å²) in [6.45, 7) is 2.66. The lowest BCUT2D eigenvalue weighted by atomic mass is 10.2. The van der Waals surface area contributed by atoms with Gasteiger partial charge in [0.25, 0.3) is 0 Å². The summed E-state index contributed by atoms with van der Waals surface area (Å²) in [7, 11) is -6.68. The first-order valence-electron chi connectivity index (χ1n) is 9.68. The number of amides is 1. The molecule has 0 fully saturated rings. The van der Waals surface area contributed by atoms with Crippen LogP contribution in [0.25, 0.3) is 0 Å². The summed E-state index contributed by atoms with van der Waals surface area (Å²) in [6.07, 6.45) is 0. The highest BCUT2D eigenvalue weighted by Gasteiger charge is 2.29. The van der Waals surface area contributed by atoms with Crippen LogP contribution in [0.15, 0.2) is 52.3 Å². The fraction of sp³-hybridized carbons (Fsp3) is 0.350. The molecule has 0 atom stereocenters. The van der Waals surface area contributed by atoms with Crippen LogP contribution in [-0.4, -0.2) is 60.3 Å². The normalized spacial score (nSPS) is 12.0. The van der Waals surface area contributed by atoms with Crippen molar-refractivity contribution in [3.05, 3.63) is 53.8 Å². The number of likely N-dealkylation sites (N-methyl/N-ethyl adjacent to an activating group) is 1. The van der Waals surface area contributed by atoms with Gasteiger partial charge < -0.3 is 10.1 Å². The molecule has 2 N–H and O–H groups in total. The number of halogens is 1. The minimum atomic E-state index is -4.21. The van der Waals surface area contributed by atoms with Crippen molar-refractivity contribution < 1.29 is 30.8 Å². The Balaban J connectivity index is 1.96. The molecule has 32 heavy (non-hydrogen) atoms. The summed E-state index contributed by atoms with van der Waals surface area (Å²) >= 11 is 0. The second-order valence-electron chi connectivity index (χ2n) is 6.79. The summed E-state index contributed by atoms with van der Waals surface area (Å²) < 4.78 is 72.1. The molecule has 176 valence electrons. The van der Waals surface area contributed by atoms with E-state index >= 15 is 0 Å². The maximum absolute atomic E-state index is 13.6. The number of aryl methyl sites for hydroxylation is 1. The first kappa shape index (κ1) is 25.7. The van der Waals surface area contributed by atoms with Crippen LogP contribution in [0, 0.1) is 12.7 Å². The molecular formula is C20H26FN3O6S2. The van der Waals surface area contributed by atoms with Gasteiger partial charge >= 0.3 is 0 Å². The number of hydrogen-bond acceptors (Lipinski definition) is 6. The predicted octanol–water partition coefficient (Wildman–Crippen LogP) is 1.25. The Labute approximate surface area is 187 Å². The molecule has 0 aromatic heterocycles. The molecule has 2 aromatic carbocycles. The first-order chi connectivity index (χ1) is 15.0. The van der Waals surface area contributed by atoms with Gasteiger partial charge in [-0.15, -0.1) is 0 Å². The third-order valence-electron chi connectivity index (χ3n) is 4.49. The average Bonchev–Trinajstić information content (AvgIpc) is 2.75. The molecule has 0 unspecified atom stereocenters. The van der Waals surface area contributed by atoms with E-state index in [4.69, 9.17) is 4.74 Å². The lowest BCUT2D eigenvalue weighted by molar-refractivity contribution is -0.121. The third kappa shape index (κ3) is 6.48. The van der Waals surface area contributed by atoms with Gasteiger partial charge in [-0.2, -0.15) is 4.31 Å². The molecule has 0 radical (unpaired) electrons. The molecular weight excluding hydrogens is 461 g/mol. The van der Waals surface area contributed by atoms with E-state index in [1.807, 2.05) is 6.92 Å². The van der Waals surface area contributed by atoms with Crippen molar-refractivity contribution in [1.82, 2.24) is 14.3 Å². The van der Waals surface area contributed by atoms with Crippen molar-refractivity contribution in [2.45, 2.75) is 23.6 Å². The van der Waals surface area contributed by atoms with E-state index in [-0.39, 0.29) is 35.2 Å². The number of sulfonamides is 2. The molecule has 1 amide bonds. The number of nitrogens with one attached hydrogen (secondary N) is 2. The van der Waals surface area contributed by atoms with E-state index < -0.39 is 38.3 Å². The molecule has 0 aliphatic heterocycles. The van der Waals surface area contributed by atoms with Gasteiger partial charge in [-0.1, -0.05) is 24.6 Å². The van der Waals surface area contributed by atoms with E-state index in [1.165, 1.54) is 32.2 Å². The summed E-state index contributed by atoms with van der Waals surface area (Å²) in [5.74, 6) is -1.44. The zero-order chi connectivity index (χ0) is 23.9. The fourth-order valence-corrected chi connectivity index (χ4v) is 5.37. The largest absolute Gasteiger partial charge is 0.495 e. The lowest BCUT2D eigenvalue weighted by Gasteiger charge is -2.21. The number of rotatable bonds is 11. The lowest BCUT2D eigenvalue weighted by Crippen LogP contribution is -2.42. The van der Waals surface area contributed by atoms with Crippen LogP contribution in [-0.2, 0) is 24.8 Å². The standard InChI is InChI=1S/C20H26FN3O6S2/c1-4-24(32(28,29)19-13-16(21)7-10-18(19)30-3)14-20(25)22-11-12-23-31(26,27)17-8-5-15(2)6-9-17/h5-10,13,23H,4,11-12,14H2,1-3H3,(H,22,25). The van der Waals surface area contributed by atoms with Crippen molar-refractivity contribution in [3.8, 4) is 5.75 Å². The van der Waals surface area contributed by atoms with Crippen LogP contribution in [0.4, 0.5) is 4.39 Å². The summed E-state index contributed by atoms with van der Waals surface area (Å²) in [5.41, 5.74) is 0.919. The smallest absolute Gasteiger partial charge is 0.247 e. The number of methoxy groups -OCH3 is 1. The van der Waals surface area contributed by atoms with Crippen molar-refractivity contribution >= 4 is 26.0 Å². The van der Waals surface area contributed by atoms with Gasteiger partial charge in [-0.05, 0) is 37.3 Å². The first-order valence-corrected chi connectivity index (χ1v) is 12.6. The van der Waals surface area contributed by atoms with Crippen LogP contribution in [0.1, 0.15) is 12.5 Å². The van der Waals surface area contributed by atoms with Crippen LogP contribution < -0.4 is 14.8 Å². The van der Waals surface area contributed by atoms with Gasteiger partial charge in [0, 0.05) is 19.6 Å². The van der Waals surface area contributed by atoms with Gasteiger partial charge in [0.2, 0.25) is 26.0 Å². The number of ether oxygens (including phenoxy) is 1. The maximum Gasteiger partial charge on any atom is 0.247 e. The van der Waals surface area contributed by atoms with Gasteiger partial charge in [-0.3, -0.25) is 4.79 Å². The number of benzene rings is 2. The predicted molar refractivity (Wildman–Crippen MR) is 117 cm³/mol. The Hall–Kier alpha value is -2.54. The van der Waals surface area contributed by atoms with Crippen LogP contribution in [0.5, 0.6) is 5.75 Å². The average molecular weight is 488 g/mol. The van der Waals surface area contributed by atoms with Crippen molar-refractivity contribution in [2.75, 3.05) is 33.3 Å². The Morgan fingerprint density at radius 3 is 2.31 bits per heavy atom. The molecule has 2 aromatic rings. The Bertz CT molecular complexity index is 1150. The summed E-state index contributed by atoms with van der Waals surface area (Å²) in [4.78, 5) is 12.0. The molecule has 0 spiro atoms. The SMILES string of the molecule is CCN(CC(=O)NCCNS(=O)(=O)c1ccc(C)cc1)S(=O)(=O)c1cc(F)ccc1OC. The monoisotopic (exact) mass is 487 g/mol. The molecule has 0 heterocycles. The second kappa shape index (κ2) is 10.9. The third-order valence-corrected chi connectivity index (χ3v) is 7.91. The number of carbonyl (C=O) groups is 1. The minimum absolute atomic E-state index is 0.0456. The van der Waals surface area contributed by atoms with Crippen LogP contribution in [0.3, 0.4) is 0 Å². The van der Waals surface area contributed by atoms with Crippen molar-refractivity contribution in [2.24, 2.45) is 0 Å². The minimum Gasteiger partial charge on any atom is -0.495 e. The van der Waals surface area contributed by atoms with Crippen LogP contribution in [0.2, 0.25) is 0 Å². The molecule has 2 rings (SSSR count). The number of carbonyl (C=O) groups excluding carboxylic acids is 1. The van der Waals surface area contributed by atoms with E-state index in [9.17, 15) is 26.0 Å². The van der Waals surface area contributed by atoms with E-state index in [2.05, 4.69) is 10.0 Å².